The van der Waals surface area contributed by atoms with Crippen molar-refractivity contribution < 1.29 is 9.53 Å². The van der Waals surface area contributed by atoms with E-state index in [0.717, 1.165) is 88.6 Å². The smallest absolute Gasteiger partial charge is 0.228 e. The van der Waals surface area contributed by atoms with Crippen LogP contribution in [0.4, 0.5) is 5.95 Å². The van der Waals surface area contributed by atoms with Crippen LogP contribution in [-0.2, 0) is 21.5 Å². The average molecular weight is 607 g/mol. The van der Waals surface area contributed by atoms with Crippen LogP contribution in [0.25, 0.3) is 15.9 Å². The summed E-state index contributed by atoms with van der Waals surface area (Å²) in [4.78, 5) is 29.6. The molecule has 1 aliphatic carbocycles. The van der Waals surface area contributed by atoms with Crippen molar-refractivity contribution in [1.82, 2.24) is 19.4 Å². The van der Waals surface area contributed by atoms with Gasteiger partial charge in [0, 0.05) is 51.3 Å². The molecular formula is C37H46N6O2. The van der Waals surface area contributed by atoms with Gasteiger partial charge in [0.1, 0.15) is 0 Å². The van der Waals surface area contributed by atoms with E-state index in [4.69, 9.17) is 16.3 Å². The number of likely N-dealkylation sites (tertiary alicyclic amines) is 1. The van der Waals surface area contributed by atoms with Gasteiger partial charge < -0.3 is 24.0 Å². The van der Waals surface area contributed by atoms with Crippen molar-refractivity contribution in [2.24, 2.45) is 11.8 Å². The van der Waals surface area contributed by atoms with E-state index in [1.54, 1.807) is 0 Å². The van der Waals surface area contributed by atoms with Crippen molar-refractivity contribution in [3.63, 3.8) is 0 Å². The molecule has 0 N–H and O–H groups in total. The molecule has 236 valence electrons. The van der Waals surface area contributed by atoms with Crippen LogP contribution < -0.4 is 4.90 Å². The first kappa shape index (κ1) is 31.1. The Kier molecular flexibility index (Phi) is 9.67. The van der Waals surface area contributed by atoms with Gasteiger partial charge in [-0.1, -0.05) is 67.6 Å². The van der Waals surface area contributed by atoms with Crippen LogP contribution in [0.1, 0.15) is 38.7 Å². The number of rotatable bonds is 10. The number of amides is 1. The van der Waals surface area contributed by atoms with Gasteiger partial charge in [-0.05, 0) is 62.9 Å². The SMILES string of the molecule is [C-]#[N+]C1=CC(C(=O)N2CCC(CCN3CCCN(c4nc5ccccc5n4CCOCC)CC3)(c3ccccc3)C2)C(C)C=C1. The Hall–Kier alpha value is -3.93. The lowest BCUT2D eigenvalue weighted by molar-refractivity contribution is -0.134. The highest BCUT2D eigenvalue weighted by molar-refractivity contribution is 5.82. The number of benzene rings is 2. The molecule has 0 radical (unpaired) electrons. The van der Waals surface area contributed by atoms with E-state index in [1.807, 2.05) is 25.2 Å². The third-order valence-corrected chi connectivity index (χ3v) is 10.0. The Balaban J connectivity index is 1.14. The van der Waals surface area contributed by atoms with Gasteiger partial charge in [0.05, 0.1) is 30.1 Å². The fourth-order valence-electron chi connectivity index (χ4n) is 7.37. The minimum atomic E-state index is -0.264. The minimum absolute atomic E-state index is 0.0732. The van der Waals surface area contributed by atoms with Gasteiger partial charge in [0.2, 0.25) is 11.9 Å². The summed E-state index contributed by atoms with van der Waals surface area (Å²) in [6, 6.07) is 19.2. The second kappa shape index (κ2) is 14.0. The number of anilines is 1. The van der Waals surface area contributed by atoms with Crippen molar-refractivity contribution in [2.75, 3.05) is 63.9 Å². The predicted molar refractivity (Wildman–Crippen MR) is 180 cm³/mol. The molecule has 8 nitrogen and oxygen atoms in total. The number of carbonyl (C=O) groups is 1. The van der Waals surface area contributed by atoms with E-state index >= 15 is 0 Å². The number of carbonyl (C=O) groups excluding carboxylic acids is 1. The lowest BCUT2D eigenvalue weighted by Crippen LogP contribution is -2.41. The normalized spacial score (nSPS) is 24.1. The summed E-state index contributed by atoms with van der Waals surface area (Å²) in [5.41, 5.74) is 4.03. The van der Waals surface area contributed by atoms with Crippen LogP contribution in [0.5, 0.6) is 0 Å². The minimum Gasteiger partial charge on any atom is -0.380 e. The first-order valence-electron chi connectivity index (χ1n) is 16.6. The molecule has 0 saturated carbocycles. The van der Waals surface area contributed by atoms with Gasteiger partial charge in [0.15, 0.2) is 5.70 Å². The Morgan fingerprint density at radius 3 is 2.69 bits per heavy atom. The number of hydrogen-bond donors (Lipinski definition) is 0. The number of nitrogens with zero attached hydrogens (tertiary/aromatic N) is 6. The molecule has 3 heterocycles. The number of allylic oxidation sites excluding steroid dienone is 2. The fraction of sp³-hybridized carbons (Fsp3) is 0.486. The molecule has 2 fully saturated rings. The average Bonchev–Trinajstić information content (AvgIpc) is 3.59. The third-order valence-electron chi connectivity index (χ3n) is 10.0. The quantitative estimate of drug-likeness (QED) is 0.217. The maximum Gasteiger partial charge on any atom is 0.228 e. The van der Waals surface area contributed by atoms with Crippen LogP contribution >= 0.6 is 0 Å². The largest absolute Gasteiger partial charge is 0.380 e. The molecular weight excluding hydrogens is 560 g/mol. The van der Waals surface area contributed by atoms with Crippen molar-refractivity contribution in [3.8, 4) is 0 Å². The summed E-state index contributed by atoms with van der Waals surface area (Å²) in [5, 5.41) is 0. The maximum absolute atomic E-state index is 13.8. The van der Waals surface area contributed by atoms with E-state index in [2.05, 4.69) is 85.6 Å². The first-order chi connectivity index (χ1) is 22.0. The molecule has 2 saturated heterocycles. The molecule has 0 spiro atoms. The summed E-state index contributed by atoms with van der Waals surface area (Å²) >= 11 is 0. The number of hydrogen-bond acceptors (Lipinski definition) is 5. The molecule has 1 amide bonds. The van der Waals surface area contributed by atoms with Crippen molar-refractivity contribution in [2.45, 2.75) is 45.1 Å². The molecule has 3 unspecified atom stereocenters. The Morgan fingerprint density at radius 1 is 1.04 bits per heavy atom. The summed E-state index contributed by atoms with van der Waals surface area (Å²) in [5.74, 6) is 1.04. The second-order valence-electron chi connectivity index (χ2n) is 12.8. The van der Waals surface area contributed by atoms with Crippen molar-refractivity contribution in [3.05, 3.63) is 95.5 Å². The predicted octanol–water partition coefficient (Wildman–Crippen LogP) is 5.77. The zero-order valence-corrected chi connectivity index (χ0v) is 26.8. The lowest BCUT2D eigenvalue weighted by Gasteiger charge is -2.34. The molecule has 3 aliphatic rings. The number of fused-ring (bicyclic) bond motifs is 1. The highest BCUT2D eigenvalue weighted by Gasteiger charge is 2.43. The van der Waals surface area contributed by atoms with Gasteiger partial charge in [-0.25, -0.2) is 9.83 Å². The first-order valence-corrected chi connectivity index (χ1v) is 16.6. The molecule has 3 atom stereocenters. The summed E-state index contributed by atoms with van der Waals surface area (Å²) in [6.07, 6.45) is 8.78. The van der Waals surface area contributed by atoms with Crippen LogP contribution in [0.2, 0.25) is 0 Å². The van der Waals surface area contributed by atoms with Crippen molar-refractivity contribution in [1.29, 1.82) is 0 Å². The van der Waals surface area contributed by atoms with Gasteiger partial charge in [-0.15, -0.1) is 0 Å². The summed E-state index contributed by atoms with van der Waals surface area (Å²) in [7, 11) is 0. The van der Waals surface area contributed by atoms with Crippen molar-refractivity contribution >= 4 is 22.9 Å². The van der Waals surface area contributed by atoms with E-state index in [0.29, 0.717) is 18.9 Å². The number of imidazole rings is 1. The number of ether oxygens (including phenoxy) is 1. The number of aromatic nitrogens is 2. The van der Waals surface area contributed by atoms with Crippen LogP contribution in [-0.4, -0.2) is 84.3 Å². The van der Waals surface area contributed by atoms with Gasteiger partial charge in [-0.3, -0.25) is 4.79 Å². The van der Waals surface area contributed by atoms with E-state index in [1.165, 1.54) is 5.56 Å². The van der Waals surface area contributed by atoms with Crippen LogP contribution in [0.3, 0.4) is 0 Å². The van der Waals surface area contributed by atoms with Gasteiger partial charge >= 0.3 is 0 Å². The molecule has 6 rings (SSSR count). The molecule has 0 bridgehead atoms. The zero-order chi connectivity index (χ0) is 31.2. The molecule has 3 aromatic rings. The topological polar surface area (TPSA) is 58.2 Å². The Labute approximate surface area is 267 Å². The van der Waals surface area contributed by atoms with E-state index < -0.39 is 0 Å². The van der Waals surface area contributed by atoms with E-state index in [-0.39, 0.29) is 23.2 Å². The zero-order valence-electron chi connectivity index (χ0n) is 26.8. The fourth-order valence-corrected chi connectivity index (χ4v) is 7.37. The molecule has 8 heteroatoms. The molecule has 1 aromatic heterocycles. The molecule has 45 heavy (non-hydrogen) atoms. The standard InChI is InChI=1S/C37H46N6O2/c1-4-45-26-25-43-34-14-9-8-13-33(34)39-36(43)41-20-10-19-40(23-24-41)21-17-37(30-11-6-5-7-12-30)18-22-42(28-37)35(44)32-27-31(38-3)16-15-29(32)2/h5-9,11-16,27,29,32H,4,10,17-26,28H2,1-2H3. The van der Waals surface area contributed by atoms with Gasteiger partial charge in [-0.2, -0.15) is 0 Å². The highest BCUT2D eigenvalue weighted by Crippen LogP contribution is 2.40. The molecule has 2 aromatic carbocycles. The summed E-state index contributed by atoms with van der Waals surface area (Å²) in [6.45, 7) is 20.2. The van der Waals surface area contributed by atoms with Crippen LogP contribution in [0.15, 0.2) is 78.5 Å². The van der Waals surface area contributed by atoms with E-state index in [9.17, 15) is 4.79 Å². The monoisotopic (exact) mass is 606 g/mol. The third kappa shape index (κ3) is 6.70. The summed E-state index contributed by atoms with van der Waals surface area (Å²) < 4.78 is 8.05. The lowest BCUT2D eigenvalue weighted by atomic mass is 9.76. The Morgan fingerprint density at radius 2 is 1.87 bits per heavy atom. The molecule has 2 aliphatic heterocycles. The highest BCUT2D eigenvalue weighted by atomic mass is 16.5. The van der Waals surface area contributed by atoms with Gasteiger partial charge in [0.25, 0.3) is 0 Å². The Bertz CT molecular complexity index is 1570. The second-order valence-corrected chi connectivity index (χ2v) is 12.8. The maximum atomic E-state index is 13.8. The van der Waals surface area contributed by atoms with Crippen LogP contribution in [0, 0.1) is 18.4 Å². The number of para-hydroxylation sites is 2.